The Balaban J connectivity index is 2.13. The fourth-order valence-electron chi connectivity index (χ4n) is 3.81. The molecule has 142 valence electrons. The number of carbonyl (C=O) groups is 2. The van der Waals surface area contributed by atoms with E-state index in [2.05, 4.69) is 4.90 Å². The zero-order valence-electron chi connectivity index (χ0n) is 15.7. The zero-order chi connectivity index (χ0) is 18.8. The molecule has 0 radical (unpaired) electrons. The molecule has 0 bridgehead atoms. The molecule has 0 amide bonds. The highest BCUT2D eigenvalue weighted by Crippen LogP contribution is 2.32. The highest BCUT2D eigenvalue weighted by Gasteiger charge is 2.52. The molecule has 1 fully saturated rings. The van der Waals surface area contributed by atoms with E-state index in [1.54, 1.807) is 20.8 Å². The van der Waals surface area contributed by atoms with Crippen LogP contribution in [0.2, 0.25) is 0 Å². The lowest BCUT2D eigenvalue weighted by atomic mass is 9.85. The Bertz CT molecular complexity index is 546. The van der Waals surface area contributed by atoms with Gasteiger partial charge in [-0.1, -0.05) is 19.9 Å². The summed E-state index contributed by atoms with van der Waals surface area (Å²) in [6.07, 6.45) is 1.62. The van der Waals surface area contributed by atoms with Crippen LogP contribution in [0.1, 0.15) is 34.1 Å². The van der Waals surface area contributed by atoms with Crippen molar-refractivity contribution in [3.05, 3.63) is 11.6 Å². The highest BCUT2D eigenvalue weighted by atomic mass is 16.6. The van der Waals surface area contributed by atoms with Crippen LogP contribution in [0.15, 0.2) is 11.6 Å². The molecule has 2 rings (SSSR count). The summed E-state index contributed by atoms with van der Waals surface area (Å²) >= 11 is 0. The number of fused-ring (bicyclic) bond motifs is 1. The molecule has 7 heteroatoms. The molecular formula is C18H29NO6. The number of nitrogens with zero attached hydrogens (tertiary/aromatic N) is 1. The van der Waals surface area contributed by atoms with Gasteiger partial charge in [-0.3, -0.25) is 9.69 Å². The van der Waals surface area contributed by atoms with E-state index in [4.69, 9.17) is 14.2 Å². The van der Waals surface area contributed by atoms with E-state index >= 15 is 0 Å². The lowest BCUT2D eigenvalue weighted by Gasteiger charge is -2.38. The van der Waals surface area contributed by atoms with Gasteiger partial charge in [-0.25, -0.2) is 4.79 Å². The number of aliphatic hydroxyl groups is 1. The van der Waals surface area contributed by atoms with Gasteiger partial charge >= 0.3 is 11.9 Å². The van der Waals surface area contributed by atoms with Crippen LogP contribution in [-0.4, -0.2) is 72.6 Å². The van der Waals surface area contributed by atoms with Gasteiger partial charge in [-0.05, 0) is 18.9 Å². The minimum absolute atomic E-state index is 0.0726. The maximum absolute atomic E-state index is 12.9. The fraction of sp³-hybridized carbons (Fsp3) is 0.778. The summed E-state index contributed by atoms with van der Waals surface area (Å²) in [6, 6.07) is -0.0881. The first kappa shape index (κ1) is 19.9. The van der Waals surface area contributed by atoms with Gasteiger partial charge in [0.25, 0.3) is 0 Å². The Morgan fingerprint density at radius 3 is 2.64 bits per heavy atom. The molecule has 2 heterocycles. The maximum Gasteiger partial charge on any atom is 0.353 e. The molecule has 0 aromatic rings. The Morgan fingerprint density at radius 1 is 1.40 bits per heavy atom. The third-order valence-corrected chi connectivity index (χ3v) is 5.25. The van der Waals surface area contributed by atoms with Gasteiger partial charge in [-0.15, -0.1) is 0 Å². The quantitative estimate of drug-likeness (QED) is 0.536. The zero-order valence-corrected chi connectivity index (χ0v) is 15.7. The van der Waals surface area contributed by atoms with Crippen LogP contribution < -0.4 is 0 Å². The first-order valence-corrected chi connectivity index (χ1v) is 8.74. The number of ether oxygens (including phenoxy) is 3. The van der Waals surface area contributed by atoms with Crippen molar-refractivity contribution >= 4 is 11.9 Å². The minimum atomic E-state index is -1.51. The third kappa shape index (κ3) is 3.73. The lowest BCUT2D eigenvalue weighted by molar-refractivity contribution is -0.204. The average Bonchev–Trinajstić information content (AvgIpc) is 3.12. The number of methoxy groups -OCH3 is 1. The summed E-state index contributed by atoms with van der Waals surface area (Å²) in [5.74, 6) is -1.52. The normalized spacial score (nSPS) is 26.8. The first-order valence-electron chi connectivity index (χ1n) is 8.74. The van der Waals surface area contributed by atoms with Gasteiger partial charge in [0.2, 0.25) is 5.60 Å². The van der Waals surface area contributed by atoms with Crippen LogP contribution in [0.4, 0.5) is 0 Å². The summed E-state index contributed by atoms with van der Waals surface area (Å²) in [6.45, 7) is 8.18. The number of hydrogen-bond acceptors (Lipinski definition) is 7. The number of carbonyl (C=O) groups excluding carboxylic acids is 2. The van der Waals surface area contributed by atoms with Crippen molar-refractivity contribution in [2.24, 2.45) is 5.92 Å². The third-order valence-electron chi connectivity index (χ3n) is 5.25. The average molecular weight is 355 g/mol. The van der Waals surface area contributed by atoms with Gasteiger partial charge in [0.05, 0.1) is 12.1 Å². The Labute approximate surface area is 148 Å². The Hall–Kier alpha value is -1.44. The van der Waals surface area contributed by atoms with Crippen LogP contribution in [0.25, 0.3) is 0 Å². The molecule has 0 spiro atoms. The Kier molecular flexibility index (Phi) is 6.24. The van der Waals surface area contributed by atoms with Crippen molar-refractivity contribution in [1.29, 1.82) is 0 Å². The molecule has 1 N–H and O–H groups in total. The molecule has 0 saturated carbocycles. The monoisotopic (exact) mass is 355 g/mol. The van der Waals surface area contributed by atoms with Gasteiger partial charge in [0.15, 0.2) is 0 Å². The number of hydrogen-bond donors (Lipinski definition) is 1. The second kappa shape index (κ2) is 7.85. The van der Waals surface area contributed by atoms with Crippen LogP contribution in [0, 0.1) is 5.92 Å². The SMILES string of the molecule is COC(C)C(OC(C)=O)(C(=O)OCC1=CCN2CCC(O)C12)C(C)C. The molecule has 0 aliphatic carbocycles. The van der Waals surface area contributed by atoms with E-state index in [1.807, 2.05) is 6.08 Å². The van der Waals surface area contributed by atoms with Crippen molar-refractivity contribution in [3.63, 3.8) is 0 Å². The second-order valence-corrected chi connectivity index (χ2v) is 7.07. The molecule has 4 unspecified atom stereocenters. The van der Waals surface area contributed by atoms with Gasteiger partial charge in [0.1, 0.15) is 12.7 Å². The summed E-state index contributed by atoms with van der Waals surface area (Å²) in [5, 5.41) is 10.1. The highest BCUT2D eigenvalue weighted by molar-refractivity contribution is 5.84. The largest absolute Gasteiger partial charge is 0.458 e. The second-order valence-electron chi connectivity index (χ2n) is 7.07. The van der Waals surface area contributed by atoms with Crippen LogP contribution in [-0.2, 0) is 23.8 Å². The summed E-state index contributed by atoms with van der Waals surface area (Å²) in [4.78, 5) is 26.7. The van der Waals surface area contributed by atoms with Crippen LogP contribution in [0.3, 0.4) is 0 Å². The lowest BCUT2D eigenvalue weighted by Crippen LogP contribution is -2.57. The molecule has 4 atom stereocenters. The topological polar surface area (TPSA) is 85.3 Å². The summed E-state index contributed by atoms with van der Waals surface area (Å²) in [5.41, 5.74) is -0.614. The summed E-state index contributed by atoms with van der Waals surface area (Å²) in [7, 11) is 1.46. The van der Waals surface area contributed by atoms with Crippen molar-refractivity contribution in [1.82, 2.24) is 4.90 Å². The van der Waals surface area contributed by atoms with Crippen molar-refractivity contribution in [2.45, 2.75) is 58.0 Å². The predicted molar refractivity (Wildman–Crippen MR) is 90.8 cm³/mol. The summed E-state index contributed by atoms with van der Waals surface area (Å²) < 4.78 is 16.3. The molecule has 0 aromatic carbocycles. The predicted octanol–water partition coefficient (Wildman–Crippen LogP) is 0.898. The minimum Gasteiger partial charge on any atom is -0.458 e. The molecule has 1 saturated heterocycles. The number of aliphatic hydroxyl groups excluding tert-OH is 1. The molecule has 25 heavy (non-hydrogen) atoms. The standard InChI is InChI=1S/C18H29NO6/c1-11(2)18(12(3)23-5,25-13(4)20)17(22)24-10-14-6-8-19-9-7-15(21)16(14)19/h6,11-12,15-16,21H,7-10H2,1-5H3. The van der Waals surface area contributed by atoms with E-state index in [0.29, 0.717) is 0 Å². The van der Waals surface area contributed by atoms with Crippen LogP contribution in [0.5, 0.6) is 0 Å². The van der Waals surface area contributed by atoms with Crippen molar-refractivity contribution in [3.8, 4) is 0 Å². The number of rotatable bonds is 7. The van der Waals surface area contributed by atoms with Gasteiger partial charge in [0, 0.05) is 33.0 Å². The Morgan fingerprint density at radius 2 is 2.08 bits per heavy atom. The molecule has 2 aliphatic heterocycles. The van der Waals surface area contributed by atoms with E-state index in [0.717, 1.165) is 25.1 Å². The molecule has 2 aliphatic rings. The number of esters is 2. The van der Waals surface area contributed by atoms with Crippen LogP contribution >= 0.6 is 0 Å². The van der Waals surface area contributed by atoms with Crippen molar-refractivity contribution in [2.75, 3.05) is 26.8 Å². The first-order chi connectivity index (χ1) is 11.7. The molecular weight excluding hydrogens is 326 g/mol. The van der Waals surface area contributed by atoms with Gasteiger partial charge < -0.3 is 19.3 Å². The van der Waals surface area contributed by atoms with E-state index in [9.17, 15) is 14.7 Å². The maximum atomic E-state index is 12.9. The van der Waals surface area contributed by atoms with Crippen molar-refractivity contribution < 1.29 is 28.9 Å². The molecule has 7 nitrogen and oxygen atoms in total. The van der Waals surface area contributed by atoms with E-state index < -0.39 is 29.7 Å². The molecule has 0 aromatic heterocycles. The fourth-order valence-corrected chi connectivity index (χ4v) is 3.81. The van der Waals surface area contributed by atoms with E-state index in [-0.39, 0.29) is 18.6 Å². The van der Waals surface area contributed by atoms with E-state index in [1.165, 1.54) is 14.0 Å². The van der Waals surface area contributed by atoms with Gasteiger partial charge in [-0.2, -0.15) is 0 Å². The smallest absolute Gasteiger partial charge is 0.353 e.